The van der Waals surface area contributed by atoms with Gasteiger partial charge in [-0.25, -0.2) is 4.79 Å². The summed E-state index contributed by atoms with van der Waals surface area (Å²) in [5.41, 5.74) is 0.876. The van der Waals surface area contributed by atoms with E-state index in [0.29, 0.717) is 54.5 Å². The van der Waals surface area contributed by atoms with Crippen LogP contribution in [0.5, 0.6) is 5.75 Å². The minimum Gasteiger partial charge on any atom is -0.492 e. The number of carboxylic acid groups (broad SMARTS) is 1. The first-order valence-electron chi connectivity index (χ1n) is 14.7. The summed E-state index contributed by atoms with van der Waals surface area (Å²) in [4.78, 5) is 41.1. The highest BCUT2D eigenvalue weighted by Crippen LogP contribution is 2.39. The first kappa shape index (κ1) is 35.4. The number of nitrogens with zero attached hydrogens (tertiary/aromatic N) is 2. The van der Waals surface area contributed by atoms with Crippen molar-refractivity contribution in [1.82, 2.24) is 9.80 Å². The number of aromatic carboxylic acids is 1. The van der Waals surface area contributed by atoms with Gasteiger partial charge in [0.2, 0.25) is 5.91 Å². The van der Waals surface area contributed by atoms with Crippen molar-refractivity contribution in [1.29, 1.82) is 0 Å². The third-order valence-corrected chi connectivity index (χ3v) is 9.19. The van der Waals surface area contributed by atoms with Crippen LogP contribution < -0.4 is 10.1 Å². The van der Waals surface area contributed by atoms with E-state index in [1.54, 1.807) is 30.3 Å². The molecule has 0 saturated carbocycles. The quantitative estimate of drug-likeness (QED) is 0.166. The minimum atomic E-state index is -4.60. The Morgan fingerprint density at radius 2 is 1.79 bits per heavy atom. The van der Waals surface area contributed by atoms with Crippen molar-refractivity contribution in [3.63, 3.8) is 0 Å². The van der Waals surface area contributed by atoms with Crippen LogP contribution in [0.4, 0.5) is 18.9 Å². The van der Waals surface area contributed by atoms with Crippen molar-refractivity contribution in [2.75, 3.05) is 51.3 Å². The molecule has 9 nitrogen and oxygen atoms in total. The summed E-state index contributed by atoms with van der Waals surface area (Å²) < 4.78 is 51.7. The van der Waals surface area contributed by atoms with Crippen molar-refractivity contribution in [3.05, 3.63) is 87.3 Å². The van der Waals surface area contributed by atoms with Gasteiger partial charge in [0.05, 0.1) is 34.3 Å². The predicted molar refractivity (Wildman–Crippen MR) is 181 cm³/mol. The van der Waals surface area contributed by atoms with Gasteiger partial charge in [-0.2, -0.15) is 13.2 Å². The highest BCUT2D eigenvalue weighted by atomic mass is 35.5. The SMILES string of the molecule is O=C(CCN1C(=O)C(=Cc2cc(-c3ccc(C(F)(F)F)c(Cl)c3)ccc2OCCN2CCOCC2)SC1=S)Nc1cccc(C(=O)O)c1. The number of hydrogen-bond donors (Lipinski definition) is 2. The van der Waals surface area contributed by atoms with Gasteiger partial charge in [-0.3, -0.25) is 19.4 Å². The Labute approximate surface area is 288 Å². The summed E-state index contributed by atoms with van der Waals surface area (Å²) in [5, 5.41) is 11.4. The summed E-state index contributed by atoms with van der Waals surface area (Å²) in [6.45, 7) is 3.80. The summed E-state index contributed by atoms with van der Waals surface area (Å²) in [5.74, 6) is -1.53. The molecule has 3 aromatic carbocycles. The second kappa shape index (κ2) is 15.5. The minimum absolute atomic E-state index is 0.0144. The number of alkyl halides is 3. The molecule has 5 rings (SSSR count). The Kier molecular flexibility index (Phi) is 11.4. The number of hydrogen-bond acceptors (Lipinski definition) is 8. The number of ether oxygens (including phenoxy) is 2. The Morgan fingerprint density at radius 1 is 1.06 bits per heavy atom. The van der Waals surface area contributed by atoms with Crippen LogP contribution in [0.3, 0.4) is 0 Å². The average Bonchev–Trinajstić information content (AvgIpc) is 3.31. The van der Waals surface area contributed by atoms with Gasteiger partial charge in [-0.05, 0) is 59.7 Å². The standard InChI is InChI=1S/C33H29ClF3N3O6S2/c34-26-18-21(4-6-25(26)33(35,36)37)20-5-7-27(46-15-12-39-10-13-45-14-11-39)23(16-20)19-28-30(42)40(32(47)48-28)9-8-29(41)38-24-3-1-2-22(17-24)31(43)44/h1-7,16-19H,8-15H2,(H,38,41)(H,43,44). The zero-order chi connectivity index (χ0) is 34.4. The number of rotatable bonds is 11. The Bertz CT molecular complexity index is 1760. The third kappa shape index (κ3) is 8.94. The molecule has 0 radical (unpaired) electrons. The first-order chi connectivity index (χ1) is 22.9. The van der Waals surface area contributed by atoms with Crippen molar-refractivity contribution in [2.24, 2.45) is 0 Å². The Hall–Kier alpha value is -3.95. The van der Waals surface area contributed by atoms with Gasteiger partial charge in [0.25, 0.3) is 5.91 Å². The van der Waals surface area contributed by atoms with E-state index < -0.39 is 34.5 Å². The largest absolute Gasteiger partial charge is 0.492 e. The molecule has 2 aliphatic heterocycles. The molecule has 252 valence electrons. The number of thioether (sulfide) groups is 1. The van der Waals surface area contributed by atoms with Crippen LogP contribution in [0.2, 0.25) is 5.02 Å². The van der Waals surface area contributed by atoms with E-state index in [9.17, 15) is 32.7 Å². The van der Waals surface area contributed by atoms with Crippen LogP contribution in [0.25, 0.3) is 17.2 Å². The maximum absolute atomic E-state index is 13.4. The van der Waals surface area contributed by atoms with Crippen molar-refractivity contribution in [2.45, 2.75) is 12.6 Å². The number of benzene rings is 3. The zero-order valence-corrected chi connectivity index (χ0v) is 27.6. The van der Waals surface area contributed by atoms with Crippen LogP contribution in [0, 0.1) is 0 Å². The maximum Gasteiger partial charge on any atom is 0.417 e. The average molecular weight is 720 g/mol. The van der Waals surface area contributed by atoms with Gasteiger partial charge in [0.15, 0.2) is 0 Å². The lowest BCUT2D eigenvalue weighted by Crippen LogP contribution is -2.38. The molecule has 0 aromatic heterocycles. The number of thiocarbonyl (C=S) groups is 1. The van der Waals surface area contributed by atoms with Gasteiger partial charge in [0, 0.05) is 43.9 Å². The molecule has 0 atom stereocenters. The molecule has 0 aliphatic carbocycles. The summed E-state index contributed by atoms with van der Waals surface area (Å²) in [6.07, 6.45) is -3.09. The molecule has 0 bridgehead atoms. The number of nitrogens with one attached hydrogen (secondary N) is 1. The second-order valence-corrected chi connectivity index (χ2v) is 12.8. The highest BCUT2D eigenvalue weighted by molar-refractivity contribution is 8.26. The van der Waals surface area contributed by atoms with E-state index in [0.717, 1.165) is 30.9 Å². The number of morpholine rings is 1. The van der Waals surface area contributed by atoms with Crippen molar-refractivity contribution in [3.8, 4) is 16.9 Å². The zero-order valence-electron chi connectivity index (χ0n) is 25.2. The molecule has 2 N–H and O–H groups in total. The molecular weight excluding hydrogens is 691 g/mol. The summed E-state index contributed by atoms with van der Waals surface area (Å²) >= 11 is 12.5. The molecule has 15 heteroatoms. The number of carbonyl (C=O) groups is 3. The molecule has 2 saturated heterocycles. The first-order valence-corrected chi connectivity index (χ1v) is 16.3. The third-order valence-electron chi connectivity index (χ3n) is 7.50. The number of halogens is 4. The molecule has 2 aliphatic rings. The van der Waals surface area contributed by atoms with Gasteiger partial charge in [-0.1, -0.05) is 53.8 Å². The topological polar surface area (TPSA) is 108 Å². The van der Waals surface area contributed by atoms with E-state index in [4.69, 9.17) is 33.3 Å². The molecule has 48 heavy (non-hydrogen) atoms. The fourth-order valence-corrected chi connectivity index (χ4v) is 6.59. The van der Waals surface area contributed by atoms with E-state index in [-0.39, 0.29) is 27.8 Å². The molecule has 0 spiro atoms. The normalized spacial score (nSPS) is 16.4. The number of amides is 2. The Morgan fingerprint density at radius 3 is 2.50 bits per heavy atom. The van der Waals surface area contributed by atoms with Crippen LogP contribution in [-0.4, -0.2) is 83.0 Å². The maximum atomic E-state index is 13.4. The summed E-state index contributed by atoms with van der Waals surface area (Å²) in [6, 6.07) is 14.4. The van der Waals surface area contributed by atoms with E-state index >= 15 is 0 Å². The predicted octanol–water partition coefficient (Wildman–Crippen LogP) is 6.67. The van der Waals surface area contributed by atoms with Crippen LogP contribution in [0.1, 0.15) is 27.9 Å². The van der Waals surface area contributed by atoms with E-state index in [2.05, 4.69) is 10.2 Å². The van der Waals surface area contributed by atoms with Gasteiger partial charge >= 0.3 is 12.1 Å². The molecule has 2 amide bonds. The molecule has 2 heterocycles. The van der Waals surface area contributed by atoms with Gasteiger partial charge in [-0.15, -0.1) is 0 Å². The van der Waals surface area contributed by atoms with Gasteiger partial charge in [0.1, 0.15) is 16.7 Å². The number of carboxylic acids is 1. The smallest absolute Gasteiger partial charge is 0.417 e. The molecule has 0 unspecified atom stereocenters. The second-order valence-electron chi connectivity index (χ2n) is 10.8. The highest BCUT2D eigenvalue weighted by Gasteiger charge is 2.34. The molecule has 2 fully saturated rings. The molecule has 3 aromatic rings. The van der Waals surface area contributed by atoms with Gasteiger partial charge < -0.3 is 19.9 Å². The van der Waals surface area contributed by atoms with Crippen molar-refractivity contribution < 1.29 is 42.1 Å². The van der Waals surface area contributed by atoms with Crippen LogP contribution in [0.15, 0.2) is 65.6 Å². The van der Waals surface area contributed by atoms with Crippen molar-refractivity contribution >= 4 is 69.4 Å². The summed E-state index contributed by atoms with van der Waals surface area (Å²) in [7, 11) is 0. The lowest BCUT2D eigenvalue weighted by Gasteiger charge is -2.26. The monoisotopic (exact) mass is 719 g/mol. The van der Waals surface area contributed by atoms with E-state index in [1.165, 1.54) is 35.2 Å². The number of anilines is 1. The fraction of sp³-hybridized carbons (Fsp3) is 0.273. The lowest BCUT2D eigenvalue weighted by atomic mass is 10.0. The van der Waals surface area contributed by atoms with Crippen LogP contribution in [-0.2, 0) is 20.5 Å². The fourth-order valence-electron chi connectivity index (χ4n) is 5.01. The van der Waals surface area contributed by atoms with E-state index in [1.807, 2.05) is 0 Å². The number of carbonyl (C=O) groups excluding carboxylic acids is 2. The molecular formula is C33H29ClF3N3O6S2. The lowest BCUT2D eigenvalue weighted by molar-refractivity contribution is -0.137. The van der Waals surface area contributed by atoms with Crippen LogP contribution >= 0.6 is 35.6 Å². The Balaban J connectivity index is 1.34.